The van der Waals surface area contributed by atoms with Crippen LogP contribution in [0.5, 0.6) is 0 Å². The predicted octanol–water partition coefficient (Wildman–Crippen LogP) is 3.87. The Labute approximate surface area is 175 Å². The van der Waals surface area contributed by atoms with Crippen molar-refractivity contribution < 1.29 is 17.6 Å². The Bertz CT molecular complexity index is 1230. The van der Waals surface area contributed by atoms with Crippen molar-refractivity contribution in [1.82, 2.24) is 14.5 Å². The minimum atomic E-state index is -3.62. The molecule has 0 saturated carbocycles. The number of carbonyl (C=O) groups excluding carboxylic acids is 1. The van der Waals surface area contributed by atoms with Crippen molar-refractivity contribution in [2.45, 2.75) is 42.9 Å². The quantitative estimate of drug-likeness (QED) is 0.590. The van der Waals surface area contributed by atoms with Crippen molar-refractivity contribution in [3.8, 4) is 0 Å². The number of hydrogen-bond acceptors (Lipinski definition) is 4. The number of hydrogen-bond donors (Lipinski definition) is 0. The standard InChI is InChI=1S/C22H24FN3O3S/c1-14(2)30(28,29)15-10-11-17(23)16(13-15)22(27)26-12-6-9-20(26)21-24-18-7-4-5-8-19(18)25(21)3/h4-5,7-8,10-11,13-14,20H,6,9,12H2,1-3H3/t20-/m1/s1. The summed E-state index contributed by atoms with van der Waals surface area (Å²) < 4.78 is 41.6. The molecule has 2 heterocycles. The van der Waals surface area contributed by atoms with Gasteiger partial charge in [-0.25, -0.2) is 17.8 Å². The number of benzene rings is 2. The van der Waals surface area contributed by atoms with Crippen molar-refractivity contribution >= 4 is 26.8 Å². The monoisotopic (exact) mass is 429 g/mol. The van der Waals surface area contributed by atoms with E-state index in [2.05, 4.69) is 0 Å². The fraction of sp³-hybridized carbons (Fsp3) is 0.364. The number of sulfone groups is 1. The van der Waals surface area contributed by atoms with E-state index < -0.39 is 26.8 Å². The molecule has 0 spiro atoms. The maximum absolute atomic E-state index is 14.6. The van der Waals surface area contributed by atoms with Crippen molar-refractivity contribution in [3.63, 3.8) is 0 Å². The lowest BCUT2D eigenvalue weighted by Gasteiger charge is -2.25. The van der Waals surface area contributed by atoms with E-state index in [1.807, 2.05) is 35.9 Å². The number of rotatable bonds is 4. The Morgan fingerprint density at radius 1 is 1.20 bits per heavy atom. The Kier molecular flexibility index (Phi) is 5.13. The van der Waals surface area contributed by atoms with Crippen LogP contribution in [-0.4, -0.2) is 40.6 Å². The van der Waals surface area contributed by atoms with Crippen LogP contribution in [0.3, 0.4) is 0 Å². The number of likely N-dealkylation sites (tertiary alicyclic amines) is 1. The lowest BCUT2D eigenvalue weighted by Crippen LogP contribution is -2.32. The Hall–Kier alpha value is -2.74. The van der Waals surface area contributed by atoms with Gasteiger partial charge >= 0.3 is 0 Å². The number of carbonyl (C=O) groups is 1. The second-order valence-electron chi connectivity index (χ2n) is 7.91. The van der Waals surface area contributed by atoms with Crippen molar-refractivity contribution in [3.05, 3.63) is 59.7 Å². The van der Waals surface area contributed by atoms with Crippen molar-refractivity contribution in [1.29, 1.82) is 0 Å². The van der Waals surface area contributed by atoms with Gasteiger partial charge in [0.2, 0.25) is 0 Å². The zero-order valence-electron chi connectivity index (χ0n) is 17.2. The van der Waals surface area contributed by atoms with Crippen LogP contribution in [-0.2, 0) is 16.9 Å². The van der Waals surface area contributed by atoms with Gasteiger partial charge in [0.15, 0.2) is 9.84 Å². The van der Waals surface area contributed by atoms with E-state index in [0.29, 0.717) is 13.0 Å². The summed E-state index contributed by atoms with van der Waals surface area (Å²) in [6.45, 7) is 3.58. The molecule has 30 heavy (non-hydrogen) atoms. The average molecular weight is 430 g/mol. The normalized spacial score (nSPS) is 17.2. The summed E-state index contributed by atoms with van der Waals surface area (Å²) in [5.74, 6) is -0.491. The fourth-order valence-corrected chi connectivity index (χ4v) is 5.10. The van der Waals surface area contributed by atoms with Gasteiger partial charge in [-0.15, -0.1) is 0 Å². The number of nitrogens with zero attached hydrogens (tertiary/aromatic N) is 3. The molecule has 3 aromatic rings. The smallest absolute Gasteiger partial charge is 0.257 e. The van der Waals surface area contributed by atoms with Crippen LogP contribution < -0.4 is 0 Å². The van der Waals surface area contributed by atoms with Crippen LogP contribution in [0.4, 0.5) is 4.39 Å². The molecular formula is C22H24FN3O3S. The van der Waals surface area contributed by atoms with Gasteiger partial charge in [0.25, 0.3) is 5.91 Å². The molecule has 2 aromatic carbocycles. The molecule has 0 bridgehead atoms. The second-order valence-corrected chi connectivity index (χ2v) is 10.4. The summed E-state index contributed by atoms with van der Waals surface area (Å²) in [4.78, 5) is 19.5. The average Bonchev–Trinajstić information content (AvgIpc) is 3.32. The van der Waals surface area contributed by atoms with Gasteiger partial charge in [-0.05, 0) is 57.0 Å². The highest BCUT2D eigenvalue weighted by atomic mass is 32.2. The van der Waals surface area contributed by atoms with Gasteiger partial charge < -0.3 is 9.47 Å². The molecule has 0 unspecified atom stereocenters. The van der Waals surface area contributed by atoms with Gasteiger partial charge in [-0.1, -0.05) is 12.1 Å². The predicted molar refractivity (Wildman–Crippen MR) is 112 cm³/mol. The zero-order chi connectivity index (χ0) is 21.6. The van der Waals surface area contributed by atoms with Gasteiger partial charge in [0, 0.05) is 13.6 Å². The van der Waals surface area contributed by atoms with E-state index in [-0.39, 0.29) is 16.5 Å². The topological polar surface area (TPSA) is 72.3 Å². The molecule has 0 aliphatic carbocycles. The molecular weight excluding hydrogens is 405 g/mol. The molecule has 1 aliphatic rings. The number of halogens is 1. The molecule has 4 rings (SSSR count). The highest BCUT2D eigenvalue weighted by molar-refractivity contribution is 7.92. The number of amides is 1. The zero-order valence-corrected chi connectivity index (χ0v) is 18.0. The Balaban J connectivity index is 1.73. The first-order chi connectivity index (χ1) is 14.2. The highest BCUT2D eigenvalue weighted by Gasteiger charge is 2.35. The van der Waals surface area contributed by atoms with E-state index in [1.165, 1.54) is 6.07 Å². The SMILES string of the molecule is CC(C)S(=O)(=O)c1ccc(F)c(C(=O)N2CCC[C@@H]2c2nc3ccccc3n2C)c1. The summed E-state index contributed by atoms with van der Waals surface area (Å²) >= 11 is 0. The Morgan fingerprint density at radius 3 is 2.63 bits per heavy atom. The number of imidazole rings is 1. The van der Waals surface area contributed by atoms with Crippen LogP contribution in [0.15, 0.2) is 47.4 Å². The maximum Gasteiger partial charge on any atom is 0.257 e. The second kappa shape index (κ2) is 7.50. The summed E-state index contributed by atoms with van der Waals surface area (Å²) in [5.41, 5.74) is 1.58. The van der Waals surface area contributed by atoms with Gasteiger partial charge in [-0.2, -0.15) is 0 Å². The first kappa shape index (κ1) is 20.5. The summed E-state index contributed by atoms with van der Waals surface area (Å²) in [5, 5.41) is -0.662. The molecule has 158 valence electrons. The van der Waals surface area contributed by atoms with E-state index >= 15 is 0 Å². The molecule has 1 amide bonds. The van der Waals surface area contributed by atoms with Crippen molar-refractivity contribution in [2.75, 3.05) is 6.54 Å². The molecule has 1 atom stereocenters. The first-order valence-corrected chi connectivity index (χ1v) is 11.5. The third-order valence-electron chi connectivity index (χ3n) is 5.75. The van der Waals surface area contributed by atoms with E-state index in [1.54, 1.807) is 18.7 Å². The number of fused-ring (bicyclic) bond motifs is 1. The summed E-state index contributed by atoms with van der Waals surface area (Å²) in [6.07, 6.45) is 1.49. The molecule has 6 nitrogen and oxygen atoms in total. The van der Waals surface area contributed by atoms with Crippen LogP contribution in [0.1, 0.15) is 48.9 Å². The van der Waals surface area contributed by atoms with E-state index in [9.17, 15) is 17.6 Å². The molecule has 1 aromatic heterocycles. The molecule has 8 heteroatoms. The summed E-state index contributed by atoms with van der Waals surface area (Å²) in [7, 11) is -1.71. The van der Waals surface area contributed by atoms with Crippen molar-refractivity contribution in [2.24, 2.45) is 7.05 Å². The number of para-hydroxylation sites is 2. The third kappa shape index (κ3) is 3.29. The lowest BCUT2D eigenvalue weighted by molar-refractivity contribution is 0.0723. The van der Waals surface area contributed by atoms with Crippen LogP contribution >= 0.6 is 0 Å². The van der Waals surface area contributed by atoms with Crippen LogP contribution in [0.25, 0.3) is 11.0 Å². The number of aromatic nitrogens is 2. The van der Waals surface area contributed by atoms with E-state index in [4.69, 9.17) is 4.98 Å². The van der Waals surface area contributed by atoms with Gasteiger partial charge in [-0.3, -0.25) is 4.79 Å². The lowest BCUT2D eigenvalue weighted by atomic mass is 10.1. The molecule has 1 saturated heterocycles. The van der Waals surface area contributed by atoms with Crippen LogP contribution in [0.2, 0.25) is 0 Å². The van der Waals surface area contributed by atoms with Gasteiger partial charge in [0.1, 0.15) is 11.6 Å². The fourth-order valence-electron chi connectivity index (χ4n) is 4.01. The maximum atomic E-state index is 14.6. The van der Waals surface area contributed by atoms with Gasteiger partial charge in [0.05, 0.1) is 32.8 Å². The Morgan fingerprint density at radius 2 is 1.93 bits per heavy atom. The highest BCUT2D eigenvalue weighted by Crippen LogP contribution is 2.34. The molecule has 1 fully saturated rings. The minimum Gasteiger partial charge on any atom is -0.329 e. The molecule has 1 aliphatic heterocycles. The van der Waals surface area contributed by atoms with Crippen LogP contribution in [0, 0.1) is 5.82 Å². The largest absolute Gasteiger partial charge is 0.329 e. The molecule has 0 N–H and O–H groups in total. The van der Waals surface area contributed by atoms with E-state index in [0.717, 1.165) is 35.4 Å². The minimum absolute atomic E-state index is 0.0410. The third-order valence-corrected chi connectivity index (χ3v) is 7.90. The molecule has 0 radical (unpaired) electrons. The number of aryl methyl sites for hydroxylation is 1. The first-order valence-electron chi connectivity index (χ1n) is 9.97. The summed E-state index contributed by atoms with van der Waals surface area (Å²) in [6, 6.07) is 10.9.